The van der Waals surface area contributed by atoms with Crippen LogP contribution in [0.2, 0.25) is 0 Å². The maximum absolute atomic E-state index is 12.2. The van der Waals surface area contributed by atoms with Crippen molar-refractivity contribution in [2.75, 3.05) is 18.5 Å². The number of benzene rings is 1. The lowest BCUT2D eigenvalue weighted by molar-refractivity contribution is 0.0948. The first-order valence-corrected chi connectivity index (χ1v) is 9.53. The molecular weight excluding hydrogens is 340 g/mol. The third-order valence-corrected chi connectivity index (χ3v) is 4.45. The number of nitrogens with zero attached hydrogens (tertiary/aromatic N) is 2. The van der Waals surface area contributed by atoms with Gasteiger partial charge in [0.15, 0.2) is 0 Å². The van der Waals surface area contributed by atoms with Gasteiger partial charge >= 0.3 is 0 Å². The van der Waals surface area contributed by atoms with Crippen LogP contribution in [-0.2, 0) is 0 Å². The Morgan fingerprint density at radius 3 is 2.81 bits per heavy atom. The third kappa shape index (κ3) is 5.54. The fraction of sp³-hybridized carbons (Fsp3) is 0.381. The van der Waals surface area contributed by atoms with Gasteiger partial charge in [-0.15, -0.1) is 0 Å². The van der Waals surface area contributed by atoms with E-state index in [1.165, 1.54) is 24.6 Å². The molecule has 0 spiro atoms. The molecule has 1 aliphatic rings. The molecule has 6 nitrogen and oxygen atoms in total. The zero-order valence-electron chi connectivity index (χ0n) is 15.7. The van der Waals surface area contributed by atoms with Crippen LogP contribution in [0.1, 0.15) is 49.5 Å². The highest BCUT2D eigenvalue weighted by Gasteiger charge is 2.10. The molecule has 27 heavy (non-hydrogen) atoms. The first kappa shape index (κ1) is 18.9. The summed E-state index contributed by atoms with van der Waals surface area (Å²) in [6.07, 6.45) is 11.1. The van der Waals surface area contributed by atoms with Crippen LogP contribution in [0.15, 0.2) is 48.3 Å². The number of hydrogen-bond acceptors (Lipinski definition) is 5. The largest absolute Gasteiger partial charge is 0.492 e. The van der Waals surface area contributed by atoms with E-state index in [1.54, 1.807) is 6.20 Å². The van der Waals surface area contributed by atoms with E-state index in [9.17, 15) is 4.79 Å². The van der Waals surface area contributed by atoms with E-state index in [0.29, 0.717) is 24.7 Å². The Kier molecular flexibility index (Phi) is 6.79. The van der Waals surface area contributed by atoms with Crippen LogP contribution < -0.4 is 15.4 Å². The summed E-state index contributed by atoms with van der Waals surface area (Å²) in [5.41, 5.74) is 2.57. The summed E-state index contributed by atoms with van der Waals surface area (Å²) in [6, 6.07) is 7.64. The van der Waals surface area contributed by atoms with Crippen molar-refractivity contribution in [3.8, 4) is 5.75 Å². The number of nitrogens with one attached hydrogen (secondary N) is 2. The van der Waals surface area contributed by atoms with Crippen molar-refractivity contribution in [3.05, 3.63) is 54.0 Å². The number of carbonyl (C=O) groups is 1. The fourth-order valence-electron chi connectivity index (χ4n) is 3.06. The first-order valence-electron chi connectivity index (χ1n) is 9.53. The maximum atomic E-state index is 12.2. The third-order valence-electron chi connectivity index (χ3n) is 4.45. The Balaban J connectivity index is 1.53. The van der Waals surface area contributed by atoms with Crippen molar-refractivity contribution in [1.29, 1.82) is 0 Å². The van der Waals surface area contributed by atoms with E-state index < -0.39 is 0 Å². The number of allylic oxidation sites excluding steroid dienone is 1. The smallest absolute Gasteiger partial charge is 0.271 e. The topological polar surface area (TPSA) is 76.1 Å². The number of rotatable bonds is 8. The van der Waals surface area contributed by atoms with Gasteiger partial charge in [-0.1, -0.05) is 23.8 Å². The van der Waals surface area contributed by atoms with Gasteiger partial charge in [0, 0.05) is 6.54 Å². The van der Waals surface area contributed by atoms with E-state index in [-0.39, 0.29) is 5.91 Å². The van der Waals surface area contributed by atoms with Crippen LogP contribution in [0.3, 0.4) is 0 Å². The summed E-state index contributed by atoms with van der Waals surface area (Å²) >= 11 is 0. The monoisotopic (exact) mass is 366 g/mol. The van der Waals surface area contributed by atoms with Crippen LogP contribution in [0.5, 0.6) is 5.75 Å². The van der Waals surface area contributed by atoms with Crippen molar-refractivity contribution in [3.63, 3.8) is 0 Å². The Labute approximate surface area is 160 Å². The molecule has 1 amide bonds. The first-order chi connectivity index (χ1) is 13.3. The van der Waals surface area contributed by atoms with Gasteiger partial charge in [0.25, 0.3) is 5.91 Å². The predicted octanol–water partition coefficient (Wildman–Crippen LogP) is 4.24. The van der Waals surface area contributed by atoms with Crippen molar-refractivity contribution in [2.24, 2.45) is 0 Å². The summed E-state index contributed by atoms with van der Waals surface area (Å²) in [4.78, 5) is 20.7. The van der Waals surface area contributed by atoms with E-state index in [2.05, 4.69) is 26.7 Å². The molecule has 0 bridgehead atoms. The molecule has 1 aliphatic carbocycles. The second-order valence-electron chi connectivity index (χ2n) is 6.46. The minimum Gasteiger partial charge on any atom is -0.492 e. The number of amides is 1. The molecule has 0 aliphatic heterocycles. The second kappa shape index (κ2) is 9.71. The molecule has 0 fully saturated rings. The van der Waals surface area contributed by atoms with Crippen molar-refractivity contribution in [1.82, 2.24) is 15.3 Å². The predicted molar refractivity (Wildman–Crippen MR) is 106 cm³/mol. The fourth-order valence-corrected chi connectivity index (χ4v) is 3.06. The lowest BCUT2D eigenvalue weighted by atomic mass is 9.97. The van der Waals surface area contributed by atoms with Gasteiger partial charge in [-0.25, -0.2) is 9.97 Å². The SMILES string of the molecule is CCOc1ccccc1Nc1cnc(C(=O)NCCC2=CCCCC2)cn1. The summed E-state index contributed by atoms with van der Waals surface area (Å²) in [5.74, 6) is 1.12. The number of para-hydroxylation sites is 2. The van der Waals surface area contributed by atoms with Crippen LogP contribution >= 0.6 is 0 Å². The molecule has 2 N–H and O–H groups in total. The molecule has 2 aromatic rings. The van der Waals surface area contributed by atoms with Crippen molar-refractivity contribution >= 4 is 17.4 Å². The van der Waals surface area contributed by atoms with E-state index in [0.717, 1.165) is 30.7 Å². The Hall–Kier alpha value is -2.89. The van der Waals surface area contributed by atoms with Gasteiger partial charge in [-0.2, -0.15) is 0 Å². The van der Waals surface area contributed by atoms with E-state index in [1.807, 2.05) is 31.2 Å². The molecule has 0 atom stereocenters. The molecule has 142 valence electrons. The molecule has 1 aromatic carbocycles. The number of aromatic nitrogens is 2. The van der Waals surface area contributed by atoms with Gasteiger partial charge < -0.3 is 15.4 Å². The summed E-state index contributed by atoms with van der Waals surface area (Å²) in [5, 5.41) is 6.09. The quantitative estimate of drug-likeness (QED) is 0.684. The Morgan fingerprint density at radius 1 is 1.19 bits per heavy atom. The normalized spacial score (nSPS) is 13.6. The van der Waals surface area contributed by atoms with Gasteiger partial charge in [-0.05, 0) is 51.2 Å². The van der Waals surface area contributed by atoms with Gasteiger partial charge in [-0.3, -0.25) is 4.79 Å². The number of anilines is 2. The zero-order chi connectivity index (χ0) is 18.9. The van der Waals surface area contributed by atoms with Crippen LogP contribution in [0.4, 0.5) is 11.5 Å². The number of hydrogen-bond donors (Lipinski definition) is 2. The molecule has 1 aromatic heterocycles. The summed E-state index contributed by atoms with van der Waals surface area (Å²) in [7, 11) is 0. The molecule has 0 radical (unpaired) electrons. The highest BCUT2D eigenvalue weighted by atomic mass is 16.5. The molecular formula is C21H26N4O2. The Morgan fingerprint density at radius 2 is 2.07 bits per heavy atom. The molecule has 1 heterocycles. The molecule has 6 heteroatoms. The van der Waals surface area contributed by atoms with Gasteiger partial charge in [0.05, 0.1) is 24.7 Å². The molecule has 0 unspecified atom stereocenters. The number of carbonyl (C=O) groups excluding carboxylic acids is 1. The molecule has 0 saturated heterocycles. The highest BCUT2D eigenvalue weighted by molar-refractivity contribution is 5.92. The Bertz CT molecular complexity index is 787. The standard InChI is InChI=1S/C21H26N4O2/c1-2-27-19-11-7-6-10-17(19)25-20-15-23-18(14-24-20)21(26)22-13-12-16-8-4-3-5-9-16/h6-8,10-11,14-15H,2-5,9,12-13H2,1H3,(H,22,26)(H,24,25). The lowest BCUT2D eigenvalue weighted by Crippen LogP contribution is -2.26. The lowest BCUT2D eigenvalue weighted by Gasteiger charge is -2.13. The molecule has 3 rings (SSSR count). The van der Waals surface area contributed by atoms with Crippen LogP contribution in [-0.4, -0.2) is 29.0 Å². The molecule has 0 saturated carbocycles. The minimum absolute atomic E-state index is 0.194. The average Bonchev–Trinajstić information content (AvgIpc) is 2.71. The van der Waals surface area contributed by atoms with Crippen LogP contribution in [0, 0.1) is 0 Å². The van der Waals surface area contributed by atoms with Crippen molar-refractivity contribution < 1.29 is 9.53 Å². The number of ether oxygens (including phenoxy) is 1. The summed E-state index contributed by atoms with van der Waals surface area (Å²) in [6.45, 7) is 3.16. The average molecular weight is 366 g/mol. The minimum atomic E-state index is -0.194. The second-order valence-corrected chi connectivity index (χ2v) is 6.46. The highest BCUT2D eigenvalue weighted by Crippen LogP contribution is 2.26. The van der Waals surface area contributed by atoms with E-state index >= 15 is 0 Å². The van der Waals surface area contributed by atoms with Crippen LogP contribution in [0.25, 0.3) is 0 Å². The van der Waals surface area contributed by atoms with E-state index in [4.69, 9.17) is 4.74 Å². The summed E-state index contributed by atoms with van der Waals surface area (Å²) < 4.78 is 5.59. The van der Waals surface area contributed by atoms with Gasteiger partial charge in [0.1, 0.15) is 17.3 Å². The maximum Gasteiger partial charge on any atom is 0.271 e. The zero-order valence-corrected chi connectivity index (χ0v) is 15.7. The van der Waals surface area contributed by atoms with Crippen molar-refractivity contribution in [2.45, 2.75) is 39.0 Å². The van der Waals surface area contributed by atoms with Gasteiger partial charge in [0.2, 0.25) is 0 Å².